The molecule has 0 bridgehead atoms. The molecule has 3 heteroatoms. The highest BCUT2D eigenvalue weighted by Gasteiger charge is 2.31. The van der Waals surface area contributed by atoms with Crippen LogP contribution in [0.3, 0.4) is 0 Å². The zero-order valence-electron chi connectivity index (χ0n) is 11.6. The summed E-state index contributed by atoms with van der Waals surface area (Å²) in [5, 5.41) is 3.83. The van der Waals surface area contributed by atoms with Crippen molar-refractivity contribution in [2.45, 2.75) is 50.7 Å². The summed E-state index contributed by atoms with van der Waals surface area (Å²) in [5.74, 6) is 0. The fourth-order valence-electron chi connectivity index (χ4n) is 3.58. The molecule has 19 heavy (non-hydrogen) atoms. The molecule has 1 N–H and O–H groups in total. The molecule has 0 amide bonds. The first kappa shape index (κ1) is 13.6. The third-order valence-corrected chi connectivity index (χ3v) is 5.20. The fraction of sp³-hybridized carbons (Fsp3) is 0.625. The van der Waals surface area contributed by atoms with Crippen LogP contribution in [0.2, 0.25) is 0 Å². The second-order valence-corrected chi connectivity index (χ2v) is 6.91. The largest absolute Gasteiger partial charge is 0.307 e. The van der Waals surface area contributed by atoms with Crippen LogP contribution < -0.4 is 5.32 Å². The van der Waals surface area contributed by atoms with E-state index in [9.17, 15) is 0 Å². The van der Waals surface area contributed by atoms with Gasteiger partial charge in [0, 0.05) is 22.6 Å². The van der Waals surface area contributed by atoms with Gasteiger partial charge in [-0.3, -0.25) is 0 Å². The van der Waals surface area contributed by atoms with Crippen LogP contribution in [0.1, 0.15) is 44.2 Å². The smallest absolute Gasteiger partial charge is 0.0294 e. The minimum Gasteiger partial charge on any atom is -0.307 e. The summed E-state index contributed by atoms with van der Waals surface area (Å²) in [6.45, 7) is 4.90. The quantitative estimate of drug-likeness (QED) is 0.912. The number of hydrogen-bond acceptors (Lipinski definition) is 2. The van der Waals surface area contributed by atoms with Gasteiger partial charge in [0.1, 0.15) is 0 Å². The first-order valence-corrected chi connectivity index (χ1v) is 8.27. The molecule has 1 aromatic carbocycles. The number of rotatable bonds is 3. The lowest BCUT2D eigenvalue weighted by Gasteiger charge is -2.36. The van der Waals surface area contributed by atoms with E-state index < -0.39 is 0 Å². The van der Waals surface area contributed by atoms with Crippen LogP contribution in [0.5, 0.6) is 0 Å². The number of piperidine rings is 1. The molecule has 0 radical (unpaired) electrons. The zero-order chi connectivity index (χ0) is 13.2. The van der Waals surface area contributed by atoms with Crippen LogP contribution in [-0.4, -0.2) is 30.1 Å². The van der Waals surface area contributed by atoms with Crippen LogP contribution in [-0.2, 0) is 0 Å². The maximum absolute atomic E-state index is 3.83. The molecule has 3 unspecified atom stereocenters. The standard InChI is InChI=1S/C16H23BrN2/c1-12(13-4-6-14(17)7-5-13)18-15-8-10-19-9-2-3-16(19)11-15/h4-7,12,15-16,18H,2-3,8-11H2,1H3. The van der Waals surface area contributed by atoms with E-state index in [1.807, 2.05) is 0 Å². The first-order valence-electron chi connectivity index (χ1n) is 7.48. The highest BCUT2D eigenvalue weighted by molar-refractivity contribution is 9.10. The summed E-state index contributed by atoms with van der Waals surface area (Å²) in [5.41, 5.74) is 1.39. The highest BCUT2D eigenvalue weighted by Crippen LogP contribution is 2.28. The average molecular weight is 323 g/mol. The second-order valence-electron chi connectivity index (χ2n) is 5.99. The Morgan fingerprint density at radius 2 is 2.00 bits per heavy atom. The van der Waals surface area contributed by atoms with Gasteiger partial charge in [0.2, 0.25) is 0 Å². The number of nitrogens with zero attached hydrogens (tertiary/aromatic N) is 1. The Hall–Kier alpha value is -0.380. The van der Waals surface area contributed by atoms with Crippen molar-refractivity contribution in [3.8, 4) is 0 Å². The van der Waals surface area contributed by atoms with Crippen molar-refractivity contribution in [1.29, 1.82) is 0 Å². The maximum atomic E-state index is 3.83. The lowest BCUT2D eigenvalue weighted by molar-refractivity contribution is 0.162. The molecule has 104 valence electrons. The molecule has 3 rings (SSSR count). The summed E-state index contributed by atoms with van der Waals surface area (Å²) in [6, 6.07) is 10.7. The number of halogens is 1. The Morgan fingerprint density at radius 1 is 1.21 bits per heavy atom. The molecule has 0 aliphatic carbocycles. The van der Waals surface area contributed by atoms with Gasteiger partial charge < -0.3 is 10.2 Å². The van der Waals surface area contributed by atoms with E-state index in [1.54, 1.807) is 0 Å². The monoisotopic (exact) mass is 322 g/mol. The van der Waals surface area contributed by atoms with Crippen molar-refractivity contribution in [3.05, 3.63) is 34.3 Å². The lowest BCUT2D eigenvalue weighted by atomic mass is 9.96. The minimum absolute atomic E-state index is 0.450. The lowest BCUT2D eigenvalue weighted by Crippen LogP contribution is -2.46. The van der Waals surface area contributed by atoms with Crippen molar-refractivity contribution in [1.82, 2.24) is 10.2 Å². The van der Waals surface area contributed by atoms with Crippen molar-refractivity contribution >= 4 is 15.9 Å². The molecule has 2 heterocycles. The Labute approximate surface area is 124 Å². The molecule has 0 aromatic heterocycles. The Kier molecular flexibility index (Phi) is 4.25. The molecule has 2 aliphatic rings. The van der Waals surface area contributed by atoms with E-state index >= 15 is 0 Å². The van der Waals surface area contributed by atoms with E-state index in [4.69, 9.17) is 0 Å². The topological polar surface area (TPSA) is 15.3 Å². The van der Waals surface area contributed by atoms with Crippen molar-refractivity contribution < 1.29 is 0 Å². The number of fused-ring (bicyclic) bond motifs is 1. The fourth-order valence-corrected chi connectivity index (χ4v) is 3.84. The maximum Gasteiger partial charge on any atom is 0.0294 e. The Morgan fingerprint density at radius 3 is 2.79 bits per heavy atom. The van der Waals surface area contributed by atoms with E-state index in [0.717, 1.165) is 10.5 Å². The van der Waals surface area contributed by atoms with E-state index in [0.29, 0.717) is 12.1 Å². The molecule has 1 aromatic rings. The second kappa shape index (κ2) is 5.94. The summed E-state index contributed by atoms with van der Waals surface area (Å²) < 4.78 is 1.16. The van der Waals surface area contributed by atoms with Gasteiger partial charge in [-0.05, 0) is 63.4 Å². The van der Waals surface area contributed by atoms with Crippen molar-refractivity contribution in [3.63, 3.8) is 0 Å². The third kappa shape index (κ3) is 3.21. The van der Waals surface area contributed by atoms with Crippen LogP contribution in [0.15, 0.2) is 28.7 Å². The normalized spacial score (nSPS) is 29.2. The molecule has 2 saturated heterocycles. The van der Waals surface area contributed by atoms with Crippen LogP contribution >= 0.6 is 15.9 Å². The minimum atomic E-state index is 0.450. The number of nitrogens with one attached hydrogen (secondary N) is 1. The zero-order valence-corrected chi connectivity index (χ0v) is 13.2. The summed E-state index contributed by atoms with van der Waals surface area (Å²) in [7, 11) is 0. The molecule has 2 nitrogen and oxygen atoms in total. The van der Waals surface area contributed by atoms with Crippen LogP contribution in [0.25, 0.3) is 0 Å². The van der Waals surface area contributed by atoms with Gasteiger partial charge in [-0.2, -0.15) is 0 Å². The van der Waals surface area contributed by atoms with Crippen molar-refractivity contribution in [2.24, 2.45) is 0 Å². The predicted octanol–water partition coefficient (Wildman–Crippen LogP) is 3.73. The SMILES string of the molecule is CC(NC1CCN2CCCC2C1)c1ccc(Br)cc1. The number of hydrogen-bond donors (Lipinski definition) is 1. The summed E-state index contributed by atoms with van der Waals surface area (Å²) in [6.07, 6.45) is 5.45. The molecule has 3 atom stereocenters. The molecule has 2 aliphatic heterocycles. The van der Waals surface area contributed by atoms with Gasteiger partial charge in [0.25, 0.3) is 0 Å². The Bertz CT molecular complexity index is 417. The van der Waals surface area contributed by atoms with Crippen LogP contribution in [0.4, 0.5) is 0 Å². The van der Waals surface area contributed by atoms with Gasteiger partial charge in [-0.25, -0.2) is 0 Å². The number of benzene rings is 1. The van der Waals surface area contributed by atoms with Gasteiger partial charge in [0.15, 0.2) is 0 Å². The summed E-state index contributed by atoms with van der Waals surface area (Å²) in [4.78, 5) is 2.68. The van der Waals surface area contributed by atoms with Gasteiger partial charge in [0.05, 0.1) is 0 Å². The van der Waals surface area contributed by atoms with Gasteiger partial charge in [-0.1, -0.05) is 28.1 Å². The first-order chi connectivity index (χ1) is 9.22. The molecule has 0 saturated carbocycles. The van der Waals surface area contributed by atoms with E-state index in [1.165, 1.54) is 44.3 Å². The Balaban J connectivity index is 1.57. The van der Waals surface area contributed by atoms with Gasteiger partial charge in [-0.15, -0.1) is 0 Å². The van der Waals surface area contributed by atoms with E-state index in [-0.39, 0.29) is 0 Å². The van der Waals surface area contributed by atoms with E-state index in [2.05, 4.69) is 57.3 Å². The van der Waals surface area contributed by atoms with Crippen molar-refractivity contribution in [2.75, 3.05) is 13.1 Å². The van der Waals surface area contributed by atoms with Gasteiger partial charge >= 0.3 is 0 Å². The molecule has 2 fully saturated rings. The third-order valence-electron chi connectivity index (χ3n) is 4.68. The molecular weight excluding hydrogens is 300 g/mol. The predicted molar refractivity (Wildman–Crippen MR) is 83.3 cm³/mol. The summed E-state index contributed by atoms with van der Waals surface area (Å²) >= 11 is 3.50. The molecular formula is C16H23BrN2. The molecule has 0 spiro atoms. The van der Waals surface area contributed by atoms with Crippen LogP contribution in [0, 0.1) is 0 Å². The highest BCUT2D eigenvalue weighted by atomic mass is 79.9. The average Bonchev–Trinajstić information content (AvgIpc) is 2.87.